The lowest BCUT2D eigenvalue weighted by Crippen LogP contribution is -2.16. The van der Waals surface area contributed by atoms with Crippen LogP contribution < -0.4 is 5.73 Å². The van der Waals surface area contributed by atoms with Crippen LogP contribution in [0.1, 0.15) is 38.7 Å². The zero-order valence-corrected chi connectivity index (χ0v) is 12.0. The van der Waals surface area contributed by atoms with Crippen molar-refractivity contribution in [2.24, 2.45) is 17.6 Å². The van der Waals surface area contributed by atoms with E-state index in [1.807, 2.05) is 30.3 Å². The van der Waals surface area contributed by atoms with Gasteiger partial charge in [-0.1, -0.05) is 44.2 Å². The maximum Gasteiger partial charge on any atom is 0.306 e. The van der Waals surface area contributed by atoms with Crippen molar-refractivity contribution in [1.29, 1.82) is 0 Å². The van der Waals surface area contributed by atoms with Gasteiger partial charge in [0, 0.05) is 6.42 Å². The van der Waals surface area contributed by atoms with Crippen molar-refractivity contribution in [2.45, 2.75) is 39.7 Å². The van der Waals surface area contributed by atoms with Crippen molar-refractivity contribution in [2.75, 3.05) is 6.54 Å². The van der Waals surface area contributed by atoms with Crippen LogP contribution in [0, 0.1) is 11.8 Å². The highest BCUT2D eigenvalue weighted by molar-refractivity contribution is 5.69. The van der Waals surface area contributed by atoms with Crippen molar-refractivity contribution < 1.29 is 9.53 Å². The fraction of sp³-hybridized carbons (Fsp3) is 0.562. The van der Waals surface area contributed by atoms with E-state index in [-0.39, 0.29) is 5.97 Å². The number of hydrogen-bond donors (Lipinski definition) is 1. The van der Waals surface area contributed by atoms with Gasteiger partial charge < -0.3 is 10.5 Å². The number of carbonyl (C=O) groups is 1. The topological polar surface area (TPSA) is 52.3 Å². The molecule has 1 aromatic carbocycles. The fourth-order valence-corrected chi connectivity index (χ4v) is 2.14. The number of esters is 1. The molecule has 0 aliphatic rings. The Labute approximate surface area is 116 Å². The minimum absolute atomic E-state index is 0.119. The molecule has 0 spiro atoms. The summed E-state index contributed by atoms with van der Waals surface area (Å²) in [6.07, 6.45) is 2.32. The summed E-state index contributed by atoms with van der Waals surface area (Å²) in [7, 11) is 0. The second-order valence-corrected chi connectivity index (χ2v) is 5.27. The summed E-state index contributed by atoms with van der Waals surface area (Å²) in [4.78, 5) is 11.7. The SMILES string of the molecule is CC(C)C(CCN)CCC(=O)OCc1ccccc1. The first-order valence-electron chi connectivity index (χ1n) is 7.03. The molecular formula is C16H25NO2. The number of ether oxygens (including phenoxy) is 1. The Kier molecular flexibility index (Phi) is 7.19. The van der Waals surface area contributed by atoms with Gasteiger partial charge in [-0.15, -0.1) is 0 Å². The van der Waals surface area contributed by atoms with Gasteiger partial charge in [-0.3, -0.25) is 4.79 Å². The second kappa shape index (κ2) is 8.70. The number of benzene rings is 1. The normalized spacial score (nSPS) is 12.4. The standard InChI is InChI=1S/C16H25NO2/c1-13(2)15(10-11-17)8-9-16(18)19-12-14-6-4-3-5-7-14/h3-7,13,15H,8-12,17H2,1-2H3. The van der Waals surface area contributed by atoms with Crippen LogP contribution in [-0.4, -0.2) is 12.5 Å². The van der Waals surface area contributed by atoms with Gasteiger partial charge in [-0.05, 0) is 36.8 Å². The highest BCUT2D eigenvalue weighted by atomic mass is 16.5. The summed E-state index contributed by atoms with van der Waals surface area (Å²) in [6.45, 7) is 5.40. The van der Waals surface area contributed by atoms with Crippen LogP contribution >= 0.6 is 0 Å². The van der Waals surface area contributed by atoms with Crippen LogP contribution in [0.4, 0.5) is 0 Å². The van der Waals surface area contributed by atoms with Crippen molar-refractivity contribution >= 4 is 5.97 Å². The van der Waals surface area contributed by atoms with E-state index >= 15 is 0 Å². The first-order valence-corrected chi connectivity index (χ1v) is 7.03. The van der Waals surface area contributed by atoms with Gasteiger partial charge in [-0.2, -0.15) is 0 Å². The number of nitrogens with two attached hydrogens (primary N) is 1. The minimum Gasteiger partial charge on any atom is -0.461 e. The minimum atomic E-state index is -0.119. The van der Waals surface area contributed by atoms with E-state index < -0.39 is 0 Å². The van der Waals surface area contributed by atoms with Crippen LogP contribution in [0.3, 0.4) is 0 Å². The Balaban J connectivity index is 2.27. The third kappa shape index (κ3) is 6.39. The maximum atomic E-state index is 11.7. The average molecular weight is 263 g/mol. The van der Waals surface area contributed by atoms with E-state index in [9.17, 15) is 4.79 Å². The van der Waals surface area contributed by atoms with Crippen molar-refractivity contribution in [3.63, 3.8) is 0 Å². The molecule has 1 rings (SSSR count). The molecule has 1 atom stereocenters. The molecule has 0 saturated heterocycles. The molecule has 0 fully saturated rings. The lowest BCUT2D eigenvalue weighted by molar-refractivity contribution is -0.145. The molecule has 0 bridgehead atoms. The summed E-state index contributed by atoms with van der Waals surface area (Å²) >= 11 is 0. The molecule has 3 heteroatoms. The van der Waals surface area contributed by atoms with E-state index in [1.165, 1.54) is 0 Å². The molecule has 106 valence electrons. The van der Waals surface area contributed by atoms with E-state index in [4.69, 9.17) is 10.5 Å². The molecule has 0 heterocycles. The molecular weight excluding hydrogens is 238 g/mol. The van der Waals surface area contributed by atoms with Crippen molar-refractivity contribution in [3.8, 4) is 0 Å². The van der Waals surface area contributed by atoms with Crippen LogP contribution in [-0.2, 0) is 16.1 Å². The van der Waals surface area contributed by atoms with Crippen LogP contribution in [0.5, 0.6) is 0 Å². The highest BCUT2D eigenvalue weighted by Gasteiger charge is 2.14. The molecule has 0 aliphatic carbocycles. The van der Waals surface area contributed by atoms with Gasteiger partial charge in [-0.25, -0.2) is 0 Å². The van der Waals surface area contributed by atoms with Crippen LogP contribution in [0.15, 0.2) is 30.3 Å². The zero-order chi connectivity index (χ0) is 14.1. The summed E-state index contributed by atoms with van der Waals surface area (Å²) in [6, 6.07) is 9.75. The van der Waals surface area contributed by atoms with E-state index in [0.29, 0.717) is 31.4 Å². The quantitative estimate of drug-likeness (QED) is 0.733. The van der Waals surface area contributed by atoms with Gasteiger partial charge in [0.15, 0.2) is 0 Å². The Hall–Kier alpha value is -1.35. The highest BCUT2D eigenvalue weighted by Crippen LogP contribution is 2.20. The maximum absolute atomic E-state index is 11.7. The van der Waals surface area contributed by atoms with E-state index in [1.54, 1.807) is 0 Å². The predicted octanol–water partition coefficient (Wildman–Crippen LogP) is 3.13. The Morgan fingerprint density at radius 3 is 2.47 bits per heavy atom. The fourth-order valence-electron chi connectivity index (χ4n) is 2.14. The second-order valence-electron chi connectivity index (χ2n) is 5.27. The van der Waals surface area contributed by atoms with Gasteiger partial charge in [0.25, 0.3) is 0 Å². The third-order valence-corrected chi connectivity index (χ3v) is 3.44. The Morgan fingerprint density at radius 2 is 1.89 bits per heavy atom. The number of hydrogen-bond acceptors (Lipinski definition) is 3. The monoisotopic (exact) mass is 263 g/mol. The summed E-state index contributed by atoms with van der Waals surface area (Å²) < 4.78 is 5.27. The van der Waals surface area contributed by atoms with Gasteiger partial charge in [0.2, 0.25) is 0 Å². The van der Waals surface area contributed by atoms with Crippen LogP contribution in [0.25, 0.3) is 0 Å². The molecule has 0 saturated carbocycles. The predicted molar refractivity (Wildman–Crippen MR) is 77.5 cm³/mol. The summed E-state index contributed by atoms with van der Waals surface area (Å²) in [5.41, 5.74) is 6.62. The molecule has 1 unspecified atom stereocenters. The first kappa shape index (κ1) is 15.7. The summed E-state index contributed by atoms with van der Waals surface area (Å²) in [5.74, 6) is 0.950. The van der Waals surface area contributed by atoms with E-state index in [2.05, 4.69) is 13.8 Å². The number of rotatable bonds is 8. The Bertz CT molecular complexity index is 362. The molecule has 3 nitrogen and oxygen atoms in total. The lowest BCUT2D eigenvalue weighted by atomic mass is 9.88. The molecule has 0 aliphatic heterocycles. The third-order valence-electron chi connectivity index (χ3n) is 3.44. The van der Waals surface area contributed by atoms with Crippen molar-refractivity contribution in [1.82, 2.24) is 0 Å². The average Bonchev–Trinajstić information content (AvgIpc) is 2.42. The summed E-state index contributed by atoms with van der Waals surface area (Å²) in [5, 5.41) is 0. The molecule has 19 heavy (non-hydrogen) atoms. The van der Waals surface area contributed by atoms with Gasteiger partial charge in [0.05, 0.1) is 0 Å². The molecule has 1 aromatic rings. The molecule has 0 radical (unpaired) electrons. The Morgan fingerprint density at radius 1 is 1.21 bits per heavy atom. The van der Waals surface area contributed by atoms with Crippen LogP contribution in [0.2, 0.25) is 0 Å². The first-order chi connectivity index (χ1) is 9.13. The molecule has 0 aromatic heterocycles. The largest absolute Gasteiger partial charge is 0.461 e. The zero-order valence-electron chi connectivity index (χ0n) is 12.0. The van der Waals surface area contributed by atoms with Gasteiger partial charge in [0.1, 0.15) is 6.61 Å². The molecule has 2 N–H and O–H groups in total. The lowest BCUT2D eigenvalue weighted by Gasteiger charge is -2.19. The van der Waals surface area contributed by atoms with Gasteiger partial charge >= 0.3 is 5.97 Å². The molecule has 0 amide bonds. The number of carbonyl (C=O) groups excluding carboxylic acids is 1. The van der Waals surface area contributed by atoms with E-state index in [0.717, 1.165) is 18.4 Å². The smallest absolute Gasteiger partial charge is 0.306 e. The van der Waals surface area contributed by atoms with Crippen molar-refractivity contribution in [3.05, 3.63) is 35.9 Å².